The molecule has 29 heavy (non-hydrogen) atoms. The Balaban J connectivity index is 1.67. The summed E-state index contributed by atoms with van der Waals surface area (Å²) in [5, 5.41) is 12.7. The average molecular weight is 420 g/mol. The van der Waals surface area contributed by atoms with E-state index in [1.807, 2.05) is 19.9 Å². The SMILES string of the molecule is CCO[C@H]1CN(c2cccc(C(=O)O)c2)CC[C@H]1NC(=O)C1=NC(Cl)=C(CC)C1. The van der Waals surface area contributed by atoms with Crippen molar-refractivity contribution in [3.05, 3.63) is 40.6 Å². The summed E-state index contributed by atoms with van der Waals surface area (Å²) in [5.74, 6) is -1.16. The van der Waals surface area contributed by atoms with Crippen molar-refractivity contribution in [1.29, 1.82) is 0 Å². The molecular weight excluding hydrogens is 394 g/mol. The summed E-state index contributed by atoms with van der Waals surface area (Å²) < 4.78 is 5.90. The van der Waals surface area contributed by atoms with E-state index in [0.29, 0.717) is 43.4 Å². The Kier molecular flexibility index (Phi) is 6.92. The van der Waals surface area contributed by atoms with Crippen molar-refractivity contribution in [1.82, 2.24) is 5.32 Å². The Morgan fingerprint density at radius 3 is 2.83 bits per heavy atom. The zero-order valence-corrected chi connectivity index (χ0v) is 17.4. The normalized spacial score (nSPS) is 21.9. The zero-order chi connectivity index (χ0) is 21.0. The van der Waals surface area contributed by atoms with Gasteiger partial charge in [-0.1, -0.05) is 24.6 Å². The number of rotatable bonds is 7. The molecule has 2 N–H and O–H groups in total. The molecule has 2 aliphatic heterocycles. The molecule has 1 aromatic rings. The number of carboxylic acid groups (broad SMARTS) is 1. The molecule has 0 unspecified atom stereocenters. The smallest absolute Gasteiger partial charge is 0.335 e. The number of carbonyl (C=O) groups excluding carboxylic acids is 1. The van der Waals surface area contributed by atoms with Crippen molar-refractivity contribution >= 4 is 34.9 Å². The van der Waals surface area contributed by atoms with Gasteiger partial charge < -0.3 is 20.1 Å². The summed E-state index contributed by atoms with van der Waals surface area (Å²) in [4.78, 5) is 30.2. The maximum atomic E-state index is 12.7. The van der Waals surface area contributed by atoms with Crippen LogP contribution in [0.25, 0.3) is 0 Å². The van der Waals surface area contributed by atoms with Crippen LogP contribution in [0.1, 0.15) is 43.5 Å². The van der Waals surface area contributed by atoms with Gasteiger partial charge in [-0.3, -0.25) is 4.79 Å². The molecule has 7 nitrogen and oxygen atoms in total. The summed E-state index contributed by atoms with van der Waals surface area (Å²) in [6, 6.07) is 6.72. The maximum absolute atomic E-state index is 12.7. The van der Waals surface area contributed by atoms with E-state index in [9.17, 15) is 14.7 Å². The summed E-state index contributed by atoms with van der Waals surface area (Å²) in [6.45, 7) is 5.68. The number of halogens is 1. The highest BCUT2D eigenvalue weighted by Gasteiger charge is 2.33. The third kappa shape index (κ3) is 4.97. The Morgan fingerprint density at radius 1 is 1.38 bits per heavy atom. The number of allylic oxidation sites excluding steroid dienone is 1. The molecule has 8 heteroatoms. The van der Waals surface area contributed by atoms with Crippen molar-refractivity contribution in [2.24, 2.45) is 4.99 Å². The van der Waals surface area contributed by atoms with Crippen LogP contribution in [-0.2, 0) is 9.53 Å². The highest BCUT2D eigenvalue weighted by atomic mass is 35.5. The minimum absolute atomic E-state index is 0.145. The second kappa shape index (κ2) is 9.41. The van der Waals surface area contributed by atoms with Gasteiger partial charge in [0.2, 0.25) is 0 Å². The highest BCUT2D eigenvalue weighted by molar-refractivity contribution is 6.43. The highest BCUT2D eigenvalue weighted by Crippen LogP contribution is 2.26. The minimum Gasteiger partial charge on any atom is -0.478 e. The number of aliphatic imine (C=N–C) groups is 1. The number of nitrogens with zero attached hydrogens (tertiary/aromatic N) is 2. The van der Waals surface area contributed by atoms with Crippen molar-refractivity contribution in [3.8, 4) is 0 Å². The second-order valence-corrected chi connectivity index (χ2v) is 7.51. The molecule has 0 bridgehead atoms. The van der Waals surface area contributed by atoms with Gasteiger partial charge in [0.15, 0.2) is 0 Å². The van der Waals surface area contributed by atoms with Crippen molar-refractivity contribution < 1.29 is 19.4 Å². The molecule has 0 aromatic heterocycles. The first kappa shape index (κ1) is 21.3. The lowest BCUT2D eigenvalue weighted by Crippen LogP contribution is -2.56. The van der Waals surface area contributed by atoms with Crippen LogP contribution in [0.3, 0.4) is 0 Å². The van der Waals surface area contributed by atoms with Crippen LogP contribution in [0.5, 0.6) is 0 Å². The van der Waals surface area contributed by atoms with E-state index < -0.39 is 5.97 Å². The fourth-order valence-electron chi connectivity index (χ4n) is 3.70. The molecule has 0 spiro atoms. The summed E-state index contributed by atoms with van der Waals surface area (Å²) in [5.41, 5.74) is 2.51. The van der Waals surface area contributed by atoms with E-state index in [1.54, 1.807) is 18.2 Å². The lowest BCUT2D eigenvalue weighted by molar-refractivity contribution is -0.117. The first-order valence-corrected chi connectivity index (χ1v) is 10.3. The molecule has 2 aliphatic rings. The maximum Gasteiger partial charge on any atom is 0.335 e. The standard InChI is InChI=1S/C21H26ClN3O4/c1-3-13-11-17(23-19(13)22)20(26)24-16-8-9-25(12-18(16)29-4-2)15-7-5-6-14(10-15)21(27)28/h5-7,10,16,18H,3-4,8-9,11-12H2,1-2H3,(H,24,26)(H,27,28)/t16-,18+/m1/s1. The average Bonchev–Trinajstić information content (AvgIpc) is 3.10. The van der Waals surface area contributed by atoms with Gasteiger partial charge in [0.1, 0.15) is 10.9 Å². The number of nitrogens with one attached hydrogen (secondary N) is 1. The van der Waals surface area contributed by atoms with Crippen molar-refractivity contribution in [2.75, 3.05) is 24.6 Å². The Hall–Kier alpha value is -2.38. The number of carboxylic acids is 1. The largest absolute Gasteiger partial charge is 0.478 e. The van der Waals surface area contributed by atoms with Gasteiger partial charge in [-0.25, -0.2) is 9.79 Å². The van der Waals surface area contributed by atoms with Crippen LogP contribution in [0.15, 0.2) is 40.0 Å². The molecule has 1 saturated heterocycles. The lowest BCUT2D eigenvalue weighted by atomic mass is 9.99. The zero-order valence-electron chi connectivity index (χ0n) is 16.7. The summed E-state index contributed by atoms with van der Waals surface area (Å²) in [6.07, 6.45) is 1.74. The van der Waals surface area contributed by atoms with Gasteiger partial charge in [-0.15, -0.1) is 0 Å². The van der Waals surface area contributed by atoms with Gasteiger partial charge >= 0.3 is 5.97 Å². The number of hydrogen-bond donors (Lipinski definition) is 2. The topological polar surface area (TPSA) is 91.2 Å². The molecule has 2 atom stereocenters. The predicted molar refractivity (Wildman–Crippen MR) is 113 cm³/mol. The lowest BCUT2D eigenvalue weighted by Gasteiger charge is -2.39. The first-order chi connectivity index (χ1) is 13.9. The van der Waals surface area contributed by atoms with Crippen molar-refractivity contribution in [3.63, 3.8) is 0 Å². The van der Waals surface area contributed by atoms with E-state index in [4.69, 9.17) is 16.3 Å². The molecule has 1 fully saturated rings. The van der Waals surface area contributed by atoms with E-state index in [2.05, 4.69) is 15.2 Å². The number of carbonyl (C=O) groups is 2. The number of anilines is 1. The van der Waals surface area contributed by atoms with E-state index in [-0.39, 0.29) is 23.6 Å². The van der Waals surface area contributed by atoms with Gasteiger partial charge in [-0.05, 0) is 43.5 Å². The van der Waals surface area contributed by atoms with Gasteiger partial charge in [0.05, 0.1) is 17.7 Å². The molecule has 1 aromatic carbocycles. The van der Waals surface area contributed by atoms with Gasteiger partial charge in [0.25, 0.3) is 5.91 Å². The molecule has 3 rings (SSSR count). The fourth-order valence-corrected chi connectivity index (χ4v) is 4.00. The molecule has 0 radical (unpaired) electrons. The van der Waals surface area contributed by atoms with E-state index in [1.165, 1.54) is 0 Å². The molecule has 0 saturated carbocycles. The molecule has 156 valence electrons. The quantitative estimate of drug-likeness (QED) is 0.662. The van der Waals surface area contributed by atoms with Crippen molar-refractivity contribution in [2.45, 2.75) is 45.3 Å². The number of hydrogen-bond acceptors (Lipinski definition) is 5. The van der Waals surface area contributed by atoms with Crippen LogP contribution in [0, 0.1) is 0 Å². The van der Waals surface area contributed by atoms with Crippen LogP contribution < -0.4 is 10.2 Å². The number of benzene rings is 1. The summed E-state index contributed by atoms with van der Waals surface area (Å²) >= 11 is 6.10. The minimum atomic E-state index is -0.952. The summed E-state index contributed by atoms with van der Waals surface area (Å²) in [7, 11) is 0. The molecule has 0 aliphatic carbocycles. The third-order valence-electron chi connectivity index (χ3n) is 5.31. The Bertz CT molecular complexity index is 852. The fraction of sp³-hybridized carbons (Fsp3) is 0.476. The monoisotopic (exact) mass is 419 g/mol. The number of aromatic carboxylic acids is 1. The van der Waals surface area contributed by atoms with Crippen LogP contribution in [0.2, 0.25) is 0 Å². The molecule has 2 heterocycles. The molecular formula is C21H26ClN3O4. The number of ether oxygens (including phenoxy) is 1. The van der Waals surface area contributed by atoms with E-state index in [0.717, 1.165) is 17.7 Å². The second-order valence-electron chi connectivity index (χ2n) is 7.15. The Labute approximate surface area is 175 Å². The number of amides is 1. The predicted octanol–water partition coefficient (Wildman–Crippen LogP) is 3.19. The van der Waals surface area contributed by atoms with E-state index >= 15 is 0 Å². The van der Waals surface area contributed by atoms with Crippen LogP contribution in [0.4, 0.5) is 5.69 Å². The third-order valence-corrected chi connectivity index (χ3v) is 5.66. The first-order valence-electron chi connectivity index (χ1n) is 9.88. The molecule has 1 amide bonds. The van der Waals surface area contributed by atoms with Crippen LogP contribution >= 0.6 is 11.6 Å². The number of piperidine rings is 1. The van der Waals surface area contributed by atoms with Crippen LogP contribution in [-0.4, -0.2) is 54.5 Å². The van der Waals surface area contributed by atoms with Gasteiger partial charge in [-0.2, -0.15) is 0 Å². The van der Waals surface area contributed by atoms with Gasteiger partial charge in [0, 0.05) is 31.8 Å². The Morgan fingerprint density at radius 2 is 2.17 bits per heavy atom.